The molecule has 1 aliphatic rings. The van der Waals surface area contributed by atoms with E-state index in [4.69, 9.17) is 9.47 Å². The van der Waals surface area contributed by atoms with Crippen LogP contribution < -0.4 is 9.47 Å². The van der Waals surface area contributed by atoms with Gasteiger partial charge in [-0.3, -0.25) is 0 Å². The number of rotatable bonds is 3. The molecule has 4 heteroatoms. The molecular formula is C13H16Br2O2. The van der Waals surface area contributed by atoms with E-state index in [1.807, 2.05) is 6.07 Å². The van der Waals surface area contributed by atoms with E-state index in [1.54, 1.807) is 0 Å². The highest BCUT2D eigenvalue weighted by Gasteiger charge is 2.21. The van der Waals surface area contributed by atoms with Crippen molar-refractivity contribution in [2.75, 3.05) is 13.2 Å². The molecule has 0 fully saturated rings. The monoisotopic (exact) mass is 362 g/mol. The Balaban J connectivity index is 2.34. The van der Waals surface area contributed by atoms with Crippen LogP contribution in [0.15, 0.2) is 16.6 Å². The number of hydrogen-bond acceptors (Lipinski definition) is 2. The van der Waals surface area contributed by atoms with Crippen LogP contribution in [0.5, 0.6) is 11.5 Å². The highest BCUT2D eigenvalue weighted by atomic mass is 79.9. The standard InChI is InChI=1S/C13H16Br2O2/c1-3-8(2)13(15)9-6-11-12(7-10(9)14)17-5-4-16-11/h6-8,13H,3-5H2,1-2H3. The Morgan fingerprint density at radius 1 is 1.24 bits per heavy atom. The third-order valence-corrected chi connectivity index (χ3v) is 5.18. The Morgan fingerprint density at radius 2 is 1.82 bits per heavy atom. The van der Waals surface area contributed by atoms with Crippen LogP contribution in [0.2, 0.25) is 0 Å². The largest absolute Gasteiger partial charge is 0.486 e. The fourth-order valence-corrected chi connectivity index (χ4v) is 3.43. The van der Waals surface area contributed by atoms with Crippen molar-refractivity contribution in [2.45, 2.75) is 25.1 Å². The number of ether oxygens (including phenoxy) is 2. The van der Waals surface area contributed by atoms with Crippen LogP contribution in [0.4, 0.5) is 0 Å². The van der Waals surface area contributed by atoms with E-state index < -0.39 is 0 Å². The SMILES string of the molecule is CCC(C)C(Br)c1cc2c(cc1Br)OCCO2. The number of hydrogen-bond donors (Lipinski definition) is 0. The third kappa shape index (κ3) is 2.79. The van der Waals surface area contributed by atoms with Crippen molar-refractivity contribution in [3.63, 3.8) is 0 Å². The number of alkyl halides is 1. The maximum Gasteiger partial charge on any atom is 0.162 e. The van der Waals surface area contributed by atoms with Gasteiger partial charge in [0.25, 0.3) is 0 Å². The second-order valence-electron chi connectivity index (χ2n) is 4.30. The first-order chi connectivity index (χ1) is 8.13. The van der Waals surface area contributed by atoms with Gasteiger partial charge in [0.2, 0.25) is 0 Å². The van der Waals surface area contributed by atoms with Gasteiger partial charge in [-0.15, -0.1) is 0 Å². The van der Waals surface area contributed by atoms with E-state index in [1.165, 1.54) is 5.56 Å². The molecule has 2 atom stereocenters. The Bertz CT molecular complexity index is 407. The summed E-state index contributed by atoms with van der Waals surface area (Å²) < 4.78 is 12.2. The summed E-state index contributed by atoms with van der Waals surface area (Å²) >= 11 is 7.37. The van der Waals surface area contributed by atoms with Crippen molar-refractivity contribution in [1.82, 2.24) is 0 Å². The normalized spacial score (nSPS) is 17.6. The molecule has 0 bridgehead atoms. The molecule has 17 heavy (non-hydrogen) atoms. The molecule has 0 saturated carbocycles. The summed E-state index contributed by atoms with van der Waals surface area (Å²) in [6, 6.07) is 4.07. The van der Waals surface area contributed by atoms with E-state index in [0.29, 0.717) is 24.0 Å². The lowest BCUT2D eigenvalue weighted by atomic mass is 9.98. The molecule has 0 N–H and O–H groups in total. The first kappa shape index (κ1) is 13.2. The lowest BCUT2D eigenvalue weighted by Gasteiger charge is -2.23. The first-order valence-corrected chi connectivity index (χ1v) is 7.57. The first-order valence-electron chi connectivity index (χ1n) is 5.86. The van der Waals surface area contributed by atoms with Gasteiger partial charge < -0.3 is 9.47 Å². The Kier molecular flexibility index (Phi) is 4.36. The average Bonchev–Trinajstić information content (AvgIpc) is 2.36. The molecule has 1 aromatic carbocycles. The smallest absolute Gasteiger partial charge is 0.162 e. The summed E-state index contributed by atoms with van der Waals surface area (Å²) in [5, 5.41) is 0. The van der Waals surface area contributed by atoms with Gasteiger partial charge in [-0.2, -0.15) is 0 Å². The summed E-state index contributed by atoms with van der Waals surface area (Å²) in [5.41, 5.74) is 1.23. The van der Waals surface area contributed by atoms with Gasteiger partial charge in [-0.05, 0) is 23.6 Å². The molecule has 1 heterocycles. The second-order valence-corrected chi connectivity index (χ2v) is 6.15. The van der Waals surface area contributed by atoms with Crippen molar-refractivity contribution >= 4 is 31.9 Å². The quantitative estimate of drug-likeness (QED) is 0.724. The highest BCUT2D eigenvalue weighted by molar-refractivity contribution is 9.11. The molecule has 0 saturated heterocycles. The van der Waals surface area contributed by atoms with Crippen LogP contribution in [-0.2, 0) is 0 Å². The van der Waals surface area contributed by atoms with E-state index in [2.05, 4.69) is 51.8 Å². The molecule has 1 aliphatic heterocycles. The van der Waals surface area contributed by atoms with Crippen LogP contribution in [0.3, 0.4) is 0 Å². The second kappa shape index (κ2) is 5.61. The van der Waals surface area contributed by atoms with Crippen molar-refractivity contribution in [3.8, 4) is 11.5 Å². The minimum absolute atomic E-state index is 0.331. The molecule has 94 valence electrons. The topological polar surface area (TPSA) is 18.5 Å². The summed E-state index contributed by atoms with van der Waals surface area (Å²) in [5.74, 6) is 2.26. The van der Waals surface area contributed by atoms with Crippen LogP contribution in [0.1, 0.15) is 30.7 Å². The zero-order valence-electron chi connectivity index (χ0n) is 10.0. The van der Waals surface area contributed by atoms with E-state index >= 15 is 0 Å². The lowest BCUT2D eigenvalue weighted by Crippen LogP contribution is -2.16. The summed E-state index contributed by atoms with van der Waals surface area (Å²) in [7, 11) is 0. The molecule has 0 aromatic heterocycles. The van der Waals surface area contributed by atoms with E-state index in [9.17, 15) is 0 Å². The van der Waals surface area contributed by atoms with Gasteiger partial charge in [0.1, 0.15) is 13.2 Å². The fourth-order valence-electron chi connectivity index (χ4n) is 1.80. The van der Waals surface area contributed by atoms with Crippen molar-refractivity contribution in [3.05, 3.63) is 22.2 Å². The fraction of sp³-hybridized carbons (Fsp3) is 0.538. The molecule has 0 radical (unpaired) electrons. The summed E-state index contributed by atoms with van der Waals surface area (Å²) in [4.78, 5) is 0.331. The molecule has 2 unspecified atom stereocenters. The van der Waals surface area contributed by atoms with Crippen LogP contribution in [0, 0.1) is 5.92 Å². The molecule has 1 aromatic rings. The van der Waals surface area contributed by atoms with Gasteiger partial charge >= 0.3 is 0 Å². The van der Waals surface area contributed by atoms with Crippen molar-refractivity contribution in [1.29, 1.82) is 0 Å². The minimum atomic E-state index is 0.331. The van der Waals surface area contributed by atoms with Gasteiger partial charge in [0, 0.05) is 9.30 Å². The minimum Gasteiger partial charge on any atom is -0.486 e. The van der Waals surface area contributed by atoms with E-state index in [0.717, 1.165) is 22.4 Å². The molecule has 0 spiro atoms. The van der Waals surface area contributed by atoms with Gasteiger partial charge in [-0.25, -0.2) is 0 Å². The third-order valence-electron chi connectivity index (χ3n) is 3.10. The number of benzene rings is 1. The molecule has 2 rings (SSSR count). The van der Waals surface area contributed by atoms with Crippen LogP contribution in [0.25, 0.3) is 0 Å². The Labute approximate surface area is 119 Å². The van der Waals surface area contributed by atoms with Crippen LogP contribution >= 0.6 is 31.9 Å². The summed E-state index contributed by atoms with van der Waals surface area (Å²) in [6.45, 7) is 5.69. The predicted octanol–water partition coefficient (Wildman–Crippen LogP) is 4.70. The maximum atomic E-state index is 5.62. The summed E-state index contributed by atoms with van der Waals surface area (Å²) in [6.07, 6.45) is 1.14. The van der Waals surface area contributed by atoms with Gasteiger partial charge in [0.05, 0.1) is 0 Å². The predicted molar refractivity (Wildman–Crippen MR) is 76.3 cm³/mol. The average molecular weight is 364 g/mol. The van der Waals surface area contributed by atoms with Gasteiger partial charge in [0.15, 0.2) is 11.5 Å². The highest BCUT2D eigenvalue weighted by Crippen LogP contribution is 2.43. The molecular weight excluding hydrogens is 348 g/mol. The Hall–Kier alpha value is -0.220. The van der Waals surface area contributed by atoms with Gasteiger partial charge in [-0.1, -0.05) is 52.1 Å². The molecule has 0 aliphatic carbocycles. The van der Waals surface area contributed by atoms with Crippen molar-refractivity contribution in [2.24, 2.45) is 5.92 Å². The zero-order chi connectivity index (χ0) is 12.4. The number of halogens is 2. The maximum absolute atomic E-state index is 5.62. The molecule has 0 amide bonds. The molecule has 2 nitrogen and oxygen atoms in total. The zero-order valence-corrected chi connectivity index (χ0v) is 13.2. The van der Waals surface area contributed by atoms with Crippen molar-refractivity contribution < 1.29 is 9.47 Å². The van der Waals surface area contributed by atoms with Crippen LogP contribution in [-0.4, -0.2) is 13.2 Å². The Morgan fingerprint density at radius 3 is 2.41 bits per heavy atom. The number of fused-ring (bicyclic) bond motifs is 1. The lowest BCUT2D eigenvalue weighted by molar-refractivity contribution is 0.171. The van der Waals surface area contributed by atoms with E-state index in [-0.39, 0.29) is 0 Å².